The van der Waals surface area contributed by atoms with E-state index in [1.807, 2.05) is 26.0 Å². The number of likely N-dealkylation sites (tertiary alicyclic amines) is 1. The van der Waals surface area contributed by atoms with Crippen LogP contribution in [0.5, 0.6) is 0 Å². The Hall–Kier alpha value is -2.42. The molecule has 1 atom stereocenters. The summed E-state index contributed by atoms with van der Waals surface area (Å²) >= 11 is 3.43. The topological polar surface area (TPSA) is 84.9 Å². The van der Waals surface area contributed by atoms with Crippen molar-refractivity contribution in [2.45, 2.75) is 38.8 Å². The molecule has 1 fully saturated rings. The summed E-state index contributed by atoms with van der Waals surface area (Å²) < 4.78 is 0.702. The van der Waals surface area contributed by atoms with E-state index in [0.29, 0.717) is 28.0 Å². The number of hydrogen-bond acceptors (Lipinski definition) is 4. The molecule has 32 heavy (non-hydrogen) atoms. The fourth-order valence-corrected chi connectivity index (χ4v) is 4.74. The first kappa shape index (κ1) is 22.8. The predicted molar refractivity (Wildman–Crippen MR) is 129 cm³/mol. The third kappa shape index (κ3) is 4.27. The predicted octanol–water partition coefficient (Wildman–Crippen LogP) is 3.87. The van der Waals surface area contributed by atoms with Crippen molar-refractivity contribution in [2.75, 3.05) is 36.4 Å². The number of rotatable bonds is 6. The van der Waals surface area contributed by atoms with Crippen molar-refractivity contribution in [2.24, 2.45) is 0 Å². The second-order valence-corrected chi connectivity index (χ2v) is 9.47. The van der Waals surface area contributed by atoms with Gasteiger partial charge < -0.3 is 20.6 Å². The lowest BCUT2D eigenvalue weighted by molar-refractivity contribution is -0.140. The molecule has 2 aliphatic heterocycles. The molecule has 3 N–H and O–H groups in total. The SMILES string of the molecule is Cc1ccc(N2C(=O)Nc3ccc(Br)cc3[C@]2(O)C(=O)NCCCN2CCCC2)cc1C. The first-order valence-corrected chi connectivity index (χ1v) is 11.8. The van der Waals surface area contributed by atoms with E-state index < -0.39 is 17.7 Å². The molecule has 0 aliphatic carbocycles. The lowest BCUT2D eigenvalue weighted by atomic mass is 9.94. The van der Waals surface area contributed by atoms with E-state index in [2.05, 4.69) is 31.5 Å². The molecule has 0 unspecified atom stereocenters. The number of urea groups is 1. The molecule has 0 aromatic heterocycles. The number of amides is 3. The van der Waals surface area contributed by atoms with Crippen LogP contribution in [0, 0.1) is 13.8 Å². The lowest BCUT2D eigenvalue weighted by Crippen LogP contribution is -2.62. The van der Waals surface area contributed by atoms with Gasteiger partial charge in [-0.2, -0.15) is 0 Å². The van der Waals surface area contributed by atoms with E-state index in [4.69, 9.17) is 0 Å². The maximum Gasteiger partial charge on any atom is 0.329 e. The van der Waals surface area contributed by atoms with E-state index in [1.54, 1.807) is 24.3 Å². The summed E-state index contributed by atoms with van der Waals surface area (Å²) in [5.74, 6) is -0.619. The largest absolute Gasteiger partial charge is 0.359 e. The number of fused-ring (bicyclic) bond motifs is 1. The van der Waals surface area contributed by atoms with Gasteiger partial charge in [-0.15, -0.1) is 0 Å². The molecule has 2 aromatic rings. The minimum absolute atomic E-state index is 0.321. The highest BCUT2D eigenvalue weighted by molar-refractivity contribution is 9.10. The number of anilines is 2. The van der Waals surface area contributed by atoms with Crippen molar-refractivity contribution in [1.82, 2.24) is 10.2 Å². The van der Waals surface area contributed by atoms with Crippen LogP contribution in [0.25, 0.3) is 0 Å². The molecule has 2 aliphatic rings. The number of carbonyl (C=O) groups is 2. The monoisotopic (exact) mass is 500 g/mol. The van der Waals surface area contributed by atoms with Crippen LogP contribution in [0.2, 0.25) is 0 Å². The summed E-state index contributed by atoms with van der Waals surface area (Å²) in [4.78, 5) is 30.1. The molecular formula is C24H29BrN4O3. The van der Waals surface area contributed by atoms with Crippen LogP contribution in [-0.4, -0.2) is 48.1 Å². The fraction of sp³-hybridized carbons (Fsp3) is 0.417. The van der Waals surface area contributed by atoms with Crippen LogP contribution in [0.15, 0.2) is 40.9 Å². The van der Waals surface area contributed by atoms with Gasteiger partial charge in [0.25, 0.3) is 11.6 Å². The molecule has 0 saturated carbocycles. The molecule has 0 bridgehead atoms. The Morgan fingerprint density at radius 3 is 2.62 bits per heavy atom. The number of hydrogen-bond donors (Lipinski definition) is 3. The van der Waals surface area contributed by atoms with Crippen molar-refractivity contribution in [3.63, 3.8) is 0 Å². The Morgan fingerprint density at radius 1 is 1.16 bits per heavy atom. The second-order valence-electron chi connectivity index (χ2n) is 8.55. The van der Waals surface area contributed by atoms with Gasteiger partial charge in [-0.1, -0.05) is 22.0 Å². The number of aliphatic hydroxyl groups is 1. The van der Waals surface area contributed by atoms with Gasteiger partial charge in [0.05, 0.1) is 5.69 Å². The van der Waals surface area contributed by atoms with Crippen molar-refractivity contribution >= 4 is 39.2 Å². The van der Waals surface area contributed by atoms with Gasteiger partial charge in [0.1, 0.15) is 0 Å². The molecule has 170 valence electrons. The number of halogens is 1. The van der Waals surface area contributed by atoms with Crippen LogP contribution in [0.4, 0.5) is 16.2 Å². The van der Waals surface area contributed by atoms with Crippen molar-refractivity contribution in [3.8, 4) is 0 Å². The quantitative estimate of drug-likeness (QED) is 0.525. The number of carbonyl (C=O) groups excluding carboxylic acids is 2. The molecule has 1 saturated heterocycles. The van der Waals surface area contributed by atoms with Crippen LogP contribution in [0.3, 0.4) is 0 Å². The number of aryl methyl sites for hydroxylation is 2. The Morgan fingerprint density at radius 2 is 1.91 bits per heavy atom. The van der Waals surface area contributed by atoms with Crippen LogP contribution >= 0.6 is 15.9 Å². The van der Waals surface area contributed by atoms with Crippen molar-refractivity contribution in [3.05, 3.63) is 57.6 Å². The van der Waals surface area contributed by atoms with Gasteiger partial charge in [0, 0.05) is 22.3 Å². The molecule has 2 aromatic carbocycles. The van der Waals surface area contributed by atoms with Gasteiger partial charge in [0.2, 0.25) is 0 Å². The zero-order valence-corrected chi connectivity index (χ0v) is 20.0. The molecule has 4 rings (SSSR count). The van der Waals surface area contributed by atoms with Gasteiger partial charge in [-0.05, 0) is 94.2 Å². The standard InChI is InChI=1S/C24H29BrN4O3/c1-16-6-8-19(14-17(16)2)29-23(31)27-21-9-7-18(25)15-20(21)24(29,32)22(30)26-10-5-13-28-11-3-4-12-28/h6-9,14-15,32H,3-5,10-13H2,1-2H3,(H,26,30)(H,27,31)/t24-/m0/s1. The Balaban J connectivity index is 1.65. The highest BCUT2D eigenvalue weighted by Crippen LogP contribution is 2.41. The number of nitrogens with one attached hydrogen (secondary N) is 2. The Bertz CT molecular complexity index is 1040. The summed E-state index contributed by atoms with van der Waals surface area (Å²) in [6, 6.07) is 9.99. The lowest BCUT2D eigenvalue weighted by Gasteiger charge is -2.43. The summed E-state index contributed by atoms with van der Waals surface area (Å²) in [6.07, 6.45) is 3.22. The van der Waals surface area contributed by atoms with E-state index in [9.17, 15) is 14.7 Å². The zero-order valence-electron chi connectivity index (χ0n) is 18.4. The van der Waals surface area contributed by atoms with Gasteiger partial charge >= 0.3 is 6.03 Å². The second kappa shape index (κ2) is 9.21. The first-order chi connectivity index (χ1) is 15.3. The highest BCUT2D eigenvalue weighted by atomic mass is 79.9. The van der Waals surface area contributed by atoms with E-state index in [1.165, 1.54) is 12.8 Å². The summed E-state index contributed by atoms with van der Waals surface area (Å²) in [5.41, 5.74) is 1.02. The third-order valence-corrected chi connectivity index (χ3v) is 6.82. The van der Waals surface area contributed by atoms with Crippen LogP contribution in [-0.2, 0) is 10.5 Å². The average molecular weight is 501 g/mol. The molecular weight excluding hydrogens is 472 g/mol. The normalized spacial score (nSPS) is 20.8. The molecule has 0 radical (unpaired) electrons. The fourth-order valence-electron chi connectivity index (χ4n) is 4.38. The molecule has 7 nitrogen and oxygen atoms in total. The van der Waals surface area contributed by atoms with Crippen LogP contribution < -0.4 is 15.5 Å². The number of benzene rings is 2. The zero-order chi connectivity index (χ0) is 22.9. The van der Waals surface area contributed by atoms with Crippen molar-refractivity contribution in [1.29, 1.82) is 0 Å². The first-order valence-electron chi connectivity index (χ1n) is 11.0. The van der Waals surface area contributed by atoms with Gasteiger partial charge in [0.15, 0.2) is 0 Å². The Labute approximate surface area is 196 Å². The van der Waals surface area contributed by atoms with Crippen LogP contribution in [0.1, 0.15) is 36.0 Å². The van der Waals surface area contributed by atoms with E-state index >= 15 is 0 Å². The highest BCUT2D eigenvalue weighted by Gasteiger charge is 2.52. The Kier molecular flexibility index (Phi) is 6.55. The molecule has 8 heteroatoms. The summed E-state index contributed by atoms with van der Waals surface area (Å²) in [5, 5.41) is 17.6. The van der Waals surface area contributed by atoms with Gasteiger partial charge in [-0.25, -0.2) is 4.79 Å². The maximum atomic E-state index is 13.5. The minimum Gasteiger partial charge on any atom is -0.359 e. The van der Waals surface area contributed by atoms with Gasteiger partial charge in [-0.3, -0.25) is 9.69 Å². The van der Waals surface area contributed by atoms with Crippen molar-refractivity contribution < 1.29 is 14.7 Å². The third-order valence-electron chi connectivity index (χ3n) is 6.33. The molecule has 3 amide bonds. The summed E-state index contributed by atoms with van der Waals surface area (Å²) in [7, 11) is 0. The smallest absolute Gasteiger partial charge is 0.329 e. The van der Waals surface area contributed by atoms with E-state index in [0.717, 1.165) is 42.1 Å². The average Bonchev–Trinajstić information content (AvgIpc) is 3.28. The van der Waals surface area contributed by atoms with E-state index in [-0.39, 0.29) is 0 Å². The molecule has 2 heterocycles. The minimum atomic E-state index is -2.18. The number of nitrogens with zero attached hydrogens (tertiary/aromatic N) is 2. The maximum absolute atomic E-state index is 13.5. The molecule has 0 spiro atoms. The summed E-state index contributed by atoms with van der Waals surface area (Å²) in [6.45, 7) is 7.43.